The molecule has 0 aliphatic rings. The van der Waals surface area contributed by atoms with E-state index in [-0.39, 0.29) is 11.7 Å². The van der Waals surface area contributed by atoms with E-state index < -0.39 is 0 Å². The Morgan fingerprint density at radius 1 is 1.06 bits per heavy atom. The first-order valence-electron chi connectivity index (χ1n) is 5.40. The van der Waals surface area contributed by atoms with Crippen LogP contribution in [0.4, 0.5) is 10.1 Å². The number of ether oxygens (including phenoxy) is 1. The first kappa shape index (κ1) is 12.1. The number of carbonyl (C=O) groups is 1. The molecule has 0 saturated heterocycles. The third-order valence-corrected chi connectivity index (χ3v) is 2.45. The van der Waals surface area contributed by atoms with Crippen LogP contribution < -0.4 is 10.1 Å². The Morgan fingerprint density at radius 3 is 2.22 bits per heavy atom. The van der Waals surface area contributed by atoms with Gasteiger partial charge in [-0.3, -0.25) is 4.79 Å². The number of hydrogen-bond acceptors (Lipinski definition) is 2. The number of rotatable bonds is 3. The molecule has 0 aromatic heterocycles. The van der Waals surface area contributed by atoms with Crippen molar-refractivity contribution in [2.24, 2.45) is 0 Å². The van der Waals surface area contributed by atoms with Crippen LogP contribution in [0.3, 0.4) is 0 Å². The normalized spacial score (nSPS) is 9.89. The summed E-state index contributed by atoms with van der Waals surface area (Å²) in [5, 5.41) is 2.71. The van der Waals surface area contributed by atoms with Gasteiger partial charge < -0.3 is 10.1 Å². The molecule has 92 valence electrons. The second kappa shape index (κ2) is 5.31. The predicted octanol–water partition coefficient (Wildman–Crippen LogP) is 3.09. The molecular formula is C14H12FNO2. The second-order valence-corrected chi connectivity index (χ2v) is 3.69. The van der Waals surface area contributed by atoms with E-state index in [0.29, 0.717) is 11.3 Å². The number of hydrogen-bond donors (Lipinski definition) is 1. The quantitative estimate of drug-likeness (QED) is 0.902. The van der Waals surface area contributed by atoms with E-state index in [1.807, 2.05) is 0 Å². The molecule has 0 bridgehead atoms. The minimum absolute atomic E-state index is 0.278. The summed E-state index contributed by atoms with van der Waals surface area (Å²) < 4.78 is 17.7. The molecule has 1 amide bonds. The molecule has 2 aromatic rings. The summed E-state index contributed by atoms with van der Waals surface area (Å²) in [6, 6.07) is 12.4. The lowest BCUT2D eigenvalue weighted by molar-refractivity contribution is 0.102. The van der Waals surface area contributed by atoms with Crippen LogP contribution in [0.2, 0.25) is 0 Å². The van der Waals surface area contributed by atoms with Gasteiger partial charge in [-0.2, -0.15) is 0 Å². The highest BCUT2D eigenvalue weighted by Crippen LogP contribution is 2.16. The zero-order chi connectivity index (χ0) is 13.0. The van der Waals surface area contributed by atoms with Crippen molar-refractivity contribution in [1.29, 1.82) is 0 Å². The van der Waals surface area contributed by atoms with Gasteiger partial charge in [0.15, 0.2) is 0 Å². The topological polar surface area (TPSA) is 38.3 Å². The molecule has 1 N–H and O–H groups in total. The molecule has 0 saturated carbocycles. The minimum atomic E-state index is -0.365. The highest BCUT2D eigenvalue weighted by Gasteiger charge is 2.05. The standard InChI is InChI=1S/C14H12FNO2/c1-18-13-8-6-12(7-9-13)16-14(17)10-2-4-11(15)5-3-10/h2-9H,1H3,(H,16,17). The van der Waals surface area contributed by atoms with E-state index in [2.05, 4.69) is 5.32 Å². The summed E-state index contributed by atoms with van der Waals surface area (Å²) in [7, 11) is 1.58. The molecule has 2 aromatic carbocycles. The van der Waals surface area contributed by atoms with Crippen LogP contribution in [-0.2, 0) is 0 Å². The molecule has 3 nitrogen and oxygen atoms in total. The van der Waals surface area contributed by atoms with Crippen LogP contribution in [0.25, 0.3) is 0 Å². The first-order valence-corrected chi connectivity index (χ1v) is 5.40. The first-order chi connectivity index (χ1) is 8.69. The van der Waals surface area contributed by atoms with E-state index in [0.717, 1.165) is 5.75 Å². The van der Waals surface area contributed by atoms with Crippen molar-refractivity contribution in [1.82, 2.24) is 0 Å². The monoisotopic (exact) mass is 245 g/mol. The van der Waals surface area contributed by atoms with Crippen LogP contribution >= 0.6 is 0 Å². The second-order valence-electron chi connectivity index (χ2n) is 3.69. The highest BCUT2D eigenvalue weighted by molar-refractivity contribution is 6.04. The Bertz CT molecular complexity index is 535. The van der Waals surface area contributed by atoms with E-state index in [1.165, 1.54) is 24.3 Å². The summed E-state index contributed by atoms with van der Waals surface area (Å²) in [6.07, 6.45) is 0. The fraction of sp³-hybridized carbons (Fsp3) is 0.0714. The van der Waals surface area contributed by atoms with E-state index >= 15 is 0 Å². The van der Waals surface area contributed by atoms with Gasteiger partial charge in [-0.1, -0.05) is 0 Å². The number of anilines is 1. The van der Waals surface area contributed by atoms with Crippen molar-refractivity contribution in [3.63, 3.8) is 0 Å². The van der Waals surface area contributed by atoms with Gasteiger partial charge in [0.2, 0.25) is 0 Å². The molecule has 0 aliphatic heterocycles. The molecule has 0 aliphatic carbocycles. The Morgan fingerprint density at radius 2 is 1.67 bits per heavy atom. The van der Waals surface area contributed by atoms with Crippen LogP contribution in [0, 0.1) is 5.82 Å². The van der Waals surface area contributed by atoms with Gasteiger partial charge >= 0.3 is 0 Å². The van der Waals surface area contributed by atoms with Crippen molar-refractivity contribution in [3.8, 4) is 5.75 Å². The van der Waals surface area contributed by atoms with E-state index in [4.69, 9.17) is 4.74 Å². The molecule has 0 heterocycles. The van der Waals surface area contributed by atoms with Crippen LogP contribution in [0.15, 0.2) is 48.5 Å². The fourth-order valence-electron chi connectivity index (χ4n) is 1.48. The van der Waals surface area contributed by atoms with Gasteiger partial charge in [-0.15, -0.1) is 0 Å². The lowest BCUT2D eigenvalue weighted by Crippen LogP contribution is -2.11. The van der Waals surface area contributed by atoms with Gasteiger partial charge in [0.05, 0.1) is 7.11 Å². The number of halogens is 1. The SMILES string of the molecule is COc1ccc(NC(=O)c2ccc(F)cc2)cc1. The maximum atomic E-state index is 12.7. The summed E-state index contributed by atoms with van der Waals surface area (Å²) in [6.45, 7) is 0. The Hall–Kier alpha value is -2.36. The number of carbonyl (C=O) groups excluding carboxylic acids is 1. The predicted molar refractivity (Wildman–Crippen MR) is 67.3 cm³/mol. The van der Waals surface area contributed by atoms with Crippen LogP contribution in [-0.4, -0.2) is 13.0 Å². The molecule has 0 atom stereocenters. The third-order valence-electron chi connectivity index (χ3n) is 2.45. The third kappa shape index (κ3) is 2.85. The maximum Gasteiger partial charge on any atom is 0.255 e. The molecule has 0 spiro atoms. The Labute approximate surface area is 104 Å². The molecule has 0 radical (unpaired) electrons. The van der Waals surface area contributed by atoms with Crippen LogP contribution in [0.1, 0.15) is 10.4 Å². The van der Waals surface area contributed by atoms with E-state index in [1.54, 1.807) is 31.4 Å². The molecular weight excluding hydrogens is 233 g/mol. The molecule has 18 heavy (non-hydrogen) atoms. The fourth-order valence-corrected chi connectivity index (χ4v) is 1.48. The van der Waals surface area contributed by atoms with Crippen molar-refractivity contribution >= 4 is 11.6 Å². The Kier molecular flexibility index (Phi) is 3.57. The number of benzene rings is 2. The zero-order valence-corrected chi connectivity index (χ0v) is 9.81. The lowest BCUT2D eigenvalue weighted by atomic mass is 10.2. The van der Waals surface area contributed by atoms with Crippen molar-refractivity contribution < 1.29 is 13.9 Å². The van der Waals surface area contributed by atoms with Crippen molar-refractivity contribution in [3.05, 3.63) is 59.9 Å². The molecule has 0 unspecified atom stereocenters. The average molecular weight is 245 g/mol. The smallest absolute Gasteiger partial charge is 0.255 e. The average Bonchev–Trinajstić information content (AvgIpc) is 2.40. The molecule has 0 fully saturated rings. The highest BCUT2D eigenvalue weighted by atomic mass is 19.1. The summed E-state index contributed by atoms with van der Waals surface area (Å²) >= 11 is 0. The summed E-state index contributed by atoms with van der Waals surface area (Å²) in [5.74, 6) is 0.0749. The van der Waals surface area contributed by atoms with Gasteiger partial charge in [0.25, 0.3) is 5.91 Å². The van der Waals surface area contributed by atoms with Crippen molar-refractivity contribution in [2.75, 3.05) is 12.4 Å². The van der Waals surface area contributed by atoms with E-state index in [9.17, 15) is 9.18 Å². The Balaban J connectivity index is 2.08. The van der Waals surface area contributed by atoms with Gasteiger partial charge in [0, 0.05) is 11.3 Å². The van der Waals surface area contributed by atoms with Crippen LogP contribution in [0.5, 0.6) is 5.75 Å². The zero-order valence-electron chi connectivity index (χ0n) is 9.81. The lowest BCUT2D eigenvalue weighted by Gasteiger charge is -2.06. The number of methoxy groups -OCH3 is 1. The summed E-state index contributed by atoms with van der Waals surface area (Å²) in [5.41, 5.74) is 1.07. The van der Waals surface area contributed by atoms with Gasteiger partial charge in [-0.25, -0.2) is 4.39 Å². The summed E-state index contributed by atoms with van der Waals surface area (Å²) in [4.78, 5) is 11.8. The largest absolute Gasteiger partial charge is 0.497 e. The number of nitrogens with one attached hydrogen (secondary N) is 1. The number of amides is 1. The van der Waals surface area contributed by atoms with Gasteiger partial charge in [0.1, 0.15) is 11.6 Å². The maximum absolute atomic E-state index is 12.7. The molecule has 4 heteroatoms. The van der Waals surface area contributed by atoms with Crippen molar-refractivity contribution in [2.45, 2.75) is 0 Å². The van der Waals surface area contributed by atoms with Gasteiger partial charge in [-0.05, 0) is 48.5 Å². The minimum Gasteiger partial charge on any atom is -0.497 e. The molecule has 2 rings (SSSR count).